The number of likely N-dealkylation sites (N-methyl/N-ethyl adjacent to an activating group) is 1. The third-order valence-corrected chi connectivity index (χ3v) is 3.58. The van der Waals surface area contributed by atoms with E-state index >= 15 is 0 Å². The van der Waals surface area contributed by atoms with Crippen molar-refractivity contribution in [1.29, 1.82) is 0 Å². The second-order valence-electron chi connectivity index (χ2n) is 6.11. The van der Waals surface area contributed by atoms with Crippen LogP contribution in [0.5, 0.6) is 0 Å². The smallest absolute Gasteiger partial charge is 0.256 e. The molecule has 1 heterocycles. The van der Waals surface area contributed by atoms with Gasteiger partial charge >= 0.3 is 0 Å². The largest absolute Gasteiger partial charge is 0.399 e. The maximum atomic E-state index is 12.3. The van der Waals surface area contributed by atoms with Gasteiger partial charge in [0.15, 0.2) is 0 Å². The van der Waals surface area contributed by atoms with Crippen molar-refractivity contribution in [2.24, 2.45) is 0 Å². The van der Waals surface area contributed by atoms with Crippen LogP contribution in [0.4, 0.5) is 11.4 Å². The van der Waals surface area contributed by atoms with Crippen LogP contribution in [-0.2, 0) is 11.3 Å². The number of amides is 2. The van der Waals surface area contributed by atoms with Crippen molar-refractivity contribution >= 4 is 23.2 Å². The SMILES string of the molecule is Cc1ccc(N)cc1C(=O)Nc1cnn(CC(=O)NCCN(C)C)c1. The van der Waals surface area contributed by atoms with Crippen LogP contribution >= 0.6 is 0 Å². The molecule has 0 aliphatic rings. The van der Waals surface area contributed by atoms with Gasteiger partial charge in [-0.3, -0.25) is 14.3 Å². The number of rotatable bonds is 7. The van der Waals surface area contributed by atoms with Gasteiger partial charge in [0.05, 0.1) is 11.9 Å². The molecular formula is C17H24N6O2. The van der Waals surface area contributed by atoms with Crippen LogP contribution in [0.25, 0.3) is 0 Å². The first-order chi connectivity index (χ1) is 11.8. The predicted molar refractivity (Wildman–Crippen MR) is 97.3 cm³/mol. The summed E-state index contributed by atoms with van der Waals surface area (Å²) in [4.78, 5) is 26.2. The van der Waals surface area contributed by atoms with Crippen molar-refractivity contribution in [1.82, 2.24) is 20.0 Å². The van der Waals surface area contributed by atoms with E-state index in [1.165, 1.54) is 10.9 Å². The van der Waals surface area contributed by atoms with E-state index in [0.29, 0.717) is 23.5 Å². The summed E-state index contributed by atoms with van der Waals surface area (Å²) in [5.74, 6) is -0.394. The number of benzene rings is 1. The zero-order valence-corrected chi connectivity index (χ0v) is 14.7. The highest BCUT2D eigenvalue weighted by Gasteiger charge is 2.11. The Balaban J connectivity index is 1.91. The van der Waals surface area contributed by atoms with E-state index in [1.807, 2.05) is 25.9 Å². The average Bonchev–Trinajstić information content (AvgIpc) is 2.96. The highest BCUT2D eigenvalue weighted by Crippen LogP contribution is 2.15. The Bertz CT molecular complexity index is 753. The fourth-order valence-electron chi connectivity index (χ4n) is 2.22. The van der Waals surface area contributed by atoms with Crippen molar-refractivity contribution in [3.63, 3.8) is 0 Å². The average molecular weight is 344 g/mol. The Morgan fingerprint density at radius 3 is 2.80 bits per heavy atom. The standard InChI is InChI=1S/C17H24N6O2/c1-12-4-5-13(18)8-15(12)17(25)21-14-9-20-23(10-14)11-16(24)19-6-7-22(2)3/h4-5,8-10H,6-7,11,18H2,1-3H3,(H,19,24)(H,21,25). The van der Waals surface area contributed by atoms with Crippen LogP contribution in [0.1, 0.15) is 15.9 Å². The van der Waals surface area contributed by atoms with E-state index in [0.717, 1.165) is 12.1 Å². The quantitative estimate of drug-likeness (QED) is 0.641. The molecule has 1 aromatic heterocycles. The first kappa shape index (κ1) is 18.5. The lowest BCUT2D eigenvalue weighted by Gasteiger charge is -2.10. The molecule has 0 saturated heterocycles. The molecular weight excluding hydrogens is 320 g/mol. The Morgan fingerprint density at radius 1 is 1.32 bits per heavy atom. The van der Waals surface area contributed by atoms with E-state index in [2.05, 4.69) is 15.7 Å². The lowest BCUT2D eigenvalue weighted by Crippen LogP contribution is -2.33. The van der Waals surface area contributed by atoms with Crippen LogP contribution in [0.3, 0.4) is 0 Å². The number of nitrogen functional groups attached to an aromatic ring is 1. The van der Waals surface area contributed by atoms with E-state index in [-0.39, 0.29) is 18.4 Å². The number of hydrogen-bond acceptors (Lipinski definition) is 5. The number of carbonyl (C=O) groups excluding carboxylic acids is 2. The molecule has 0 saturated carbocycles. The van der Waals surface area contributed by atoms with E-state index in [1.54, 1.807) is 24.4 Å². The van der Waals surface area contributed by atoms with E-state index in [4.69, 9.17) is 5.73 Å². The summed E-state index contributed by atoms with van der Waals surface area (Å²) in [5, 5.41) is 9.66. The summed E-state index contributed by atoms with van der Waals surface area (Å²) >= 11 is 0. The van der Waals surface area contributed by atoms with E-state index in [9.17, 15) is 9.59 Å². The minimum atomic E-state index is -0.264. The molecule has 1 aromatic carbocycles. The minimum Gasteiger partial charge on any atom is -0.399 e. The van der Waals surface area contributed by atoms with Gasteiger partial charge < -0.3 is 21.3 Å². The van der Waals surface area contributed by atoms with Crippen molar-refractivity contribution in [3.8, 4) is 0 Å². The molecule has 2 aromatic rings. The second kappa shape index (κ2) is 8.29. The van der Waals surface area contributed by atoms with Crippen LogP contribution in [0, 0.1) is 6.92 Å². The zero-order valence-electron chi connectivity index (χ0n) is 14.7. The highest BCUT2D eigenvalue weighted by molar-refractivity contribution is 6.05. The minimum absolute atomic E-state index is 0.0978. The molecule has 0 atom stereocenters. The molecule has 2 rings (SSSR count). The van der Waals surface area contributed by atoms with Gasteiger partial charge in [-0.05, 0) is 38.7 Å². The number of carbonyl (C=O) groups is 2. The molecule has 0 aliphatic carbocycles. The van der Waals surface area contributed by atoms with Crippen molar-refractivity contribution in [2.45, 2.75) is 13.5 Å². The normalized spacial score (nSPS) is 10.7. The Morgan fingerprint density at radius 2 is 2.08 bits per heavy atom. The molecule has 2 amide bonds. The number of nitrogens with two attached hydrogens (primary N) is 1. The molecule has 8 heteroatoms. The number of anilines is 2. The van der Waals surface area contributed by atoms with Gasteiger partial charge in [0.1, 0.15) is 6.54 Å². The molecule has 0 fully saturated rings. The second-order valence-corrected chi connectivity index (χ2v) is 6.11. The number of hydrogen-bond donors (Lipinski definition) is 3. The Hall–Kier alpha value is -2.87. The number of nitrogens with zero attached hydrogens (tertiary/aromatic N) is 3. The van der Waals surface area contributed by atoms with Crippen LogP contribution in [0.15, 0.2) is 30.6 Å². The number of nitrogens with one attached hydrogen (secondary N) is 2. The predicted octanol–water partition coefficient (Wildman–Crippen LogP) is 0.704. The maximum absolute atomic E-state index is 12.3. The summed E-state index contributed by atoms with van der Waals surface area (Å²) in [6, 6.07) is 5.18. The molecule has 25 heavy (non-hydrogen) atoms. The summed E-state index contributed by atoms with van der Waals surface area (Å²) < 4.78 is 1.48. The van der Waals surface area contributed by atoms with Crippen LogP contribution in [-0.4, -0.2) is 53.7 Å². The van der Waals surface area contributed by atoms with Crippen molar-refractivity contribution < 1.29 is 9.59 Å². The highest BCUT2D eigenvalue weighted by atomic mass is 16.2. The third-order valence-electron chi connectivity index (χ3n) is 3.58. The molecule has 4 N–H and O–H groups in total. The summed E-state index contributed by atoms with van der Waals surface area (Å²) in [5.41, 5.74) is 8.12. The summed E-state index contributed by atoms with van der Waals surface area (Å²) in [6.07, 6.45) is 3.12. The van der Waals surface area contributed by atoms with Crippen molar-refractivity contribution in [3.05, 3.63) is 41.7 Å². The monoisotopic (exact) mass is 344 g/mol. The molecule has 8 nitrogen and oxygen atoms in total. The van der Waals surface area contributed by atoms with Gasteiger partial charge in [0, 0.05) is 30.5 Å². The van der Waals surface area contributed by atoms with Crippen LogP contribution < -0.4 is 16.4 Å². The van der Waals surface area contributed by atoms with Crippen molar-refractivity contribution in [2.75, 3.05) is 38.2 Å². The molecule has 0 bridgehead atoms. The van der Waals surface area contributed by atoms with Gasteiger partial charge in [-0.25, -0.2) is 0 Å². The lowest BCUT2D eigenvalue weighted by molar-refractivity contribution is -0.121. The molecule has 0 spiro atoms. The topological polar surface area (TPSA) is 105 Å². The van der Waals surface area contributed by atoms with Gasteiger partial charge in [-0.1, -0.05) is 6.07 Å². The fourth-order valence-corrected chi connectivity index (χ4v) is 2.22. The molecule has 0 aliphatic heterocycles. The number of aryl methyl sites for hydroxylation is 1. The van der Waals surface area contributed by atoms with Gasteiger partial charge in [-0.2, -0.15) is 5.10 Å². The first-order valence-electron chi connectivity index (χ1n) is 7.96. The van der Waals surface area contributed by atoms with E-state index < -0.39 is 0 Å². The first-order valence-corrected chi connectivity index (χ1v) is 7.96. The van der Waals surface area contributed by atoms with Gasteiger partial charge in [-0.15, -0.1) is 0 Å². The fraction of sp³-hybridized carbons (Fsp3) is 0.353. The number of aromatic nitrogens is 2. The zero-order chi connectivity index (χ0) is 18.4. The summed E-state index contributed by atoms with van der Waals surface area (Å²) in [6.45, 7) is 3.29. The third kappa shape index (κ3) is 5.61. The van der Waals surface area contributed by atoms with Gasteiger partial charge in [0.25, 0.3) is 5.91 Å². The lowest BCUT2D eigenvalue weighted by atomic mass is 10.1. The Labute approximate surface area is 147 Å². The maximum Gasteiger partial charge on any atom is 0.256 e. The van der Waals surface area contributed by atoms with Crippen LogP contribution in [0.2, 0.25) is 0 Å². The molecule has 0 radical (unpaired) electrons. The summed E-state index contributed by atoms with van der Waals surface area (Å²) in [7, 11) is 3.88. The molecule has 0 unspecified atom stereocenters. The van der Waals surface area contributed by atoms with Gasteiger partial charge in [0.2, 0.25) is 5.91 Å². The molecule has 134 valence electrons. The Kier molecular flexibility index (Phi) is 6.13.